The van der Waals surface area contributed by atoms with Gasteiger partial charge >= 0.3 is 5.97 Å². The highest BCUT2D eigenvalue weighted by Gasteiger charge is 2.33. The molecule has 0 saturated heterocycles. The summed E-state index contributed by atoms with van der Waals surface area (Å²) in [5, 5.41) is 0. The highest BCUT2D eigenvalue weighted by Crippen LogP contribution is 2.38. The van der Waals surface area contributed by atoms with Crippen molar-refractivity contribution in [2.75, 3.05) is 12.0 Å². The van der Waals surface area contributed by atoms with Crippen LogP contribution in [0.15, 0.2) is 24.4 Å². The van der Waals surface area contributed by atoms with Gasteiger partial charge in [0.2, 0.25) is 11.8 Å². The minimum atomic E-state index is -2.90. The lowest BCUT2D eigenvalue weighted by Crippen LogP contribution is -2.43. The van der Waals surface area contributed by atoms with Gasteiger partial charge < -0.3 is 14.4 Å². The van der Waals surface area contributed by atoms with Gasteiger partial charge in [-0.05, 0) is 74.1 Å². The van der Waals surface area contributed by atoms with Gasteiger partial charge in [-0.2, -0.15) is 0 Å². The Hall–Kier alpha value is -2.37. The van der Waals surface area contributed by atoms with Crippen LogP contribution in [0.2, 0.25) is 0 Å². The first-order valence-corrected chi connectivity index (χ1v) is 12.5. The summed E-state index contributed by atoms with van der Waals surface area (Å²) in [5.74, 6) is -2.57. The van der Waals surface area contributed by atoms with Crippen LogP contribution < -0.4 is 9.64 Å². The van der Waals surface area contributed by atoms with Gasteiger partial charge in [-0.25, -0.2) is 22.9 Å². The van der Waals surface area contributed by atoms with Crippen molar-refractivity contribution in [3.8, 4) is 11.6 Å². The molecule has 1 fully saturated rings. The number of halogens is 4. The second kappa shape index (κ2) is 11.6. The zero-order valence-corrected chi connectivity index (χ0v) is 22.1. The third kappa shape index (κ3) is 6.07. The molecule has 1 amide bonds. The first-order valence-electron chi connectivity index (χ1n) is 11.4. The molecule has 1 aliphatic rings. The Bertz CT molecular complexity index is 1090. The van der Waals surface area contributed by atoms with Crippen molar-refractivity contribution in [2.24, 2.45) is 11.8 Å². The number of methoxy groups -OCH3 is 1. The Balaban J connectivity index is 2.06. The van der Waals surface area contributed by atoms with E-state index >= 15 is 4.39 Å². The van der Waals surface area contributed by atoms with E-state index in [2.05, 4.69) is 11.9 Å². The van der Waals surface area contributed by atoms with Gasteiger partial charge in [-0.3, -0.25) is 4.79 Å². The molecule has 35 heavy (non-hydrogen) atoms. The normalized spacial score (nSPS) is 18.0. The molecule has 1 aliphatic carbocycles. The molecular weight excluding hydrogens is 576 g/mol. The average molecular weight is 604 g/mol. The van der Waals surface area contributed by atoms with Crippen molar-refractivity contribution >= 4 is 40.2 Å². The Labute approximate surface area is 216 Å². The molecule has 1 heterocycles. The molecule has 0 spiro atoms. The number of ether oxygens (including phenoxy) is 2. The Morgan fingerprint density at radius 3 is 2.40 bits per heavy atom. The van der Waals surface area contributed by atoms with Crippen molar-refractivity contribution in [1.82, 2.24) is 4.98 Å². The number of alkyl halides is 2. The predicted molar refractivity (Wildman–Crippen MR) is 133 cm³/mol. The van der Waals surface area contributed by atoms with Gasteiger partial charge in [-0.1, -0.05) is 6.92 Å². The summed E-state index contributed by atoms with van der Waals surface area (Å²) in [4.78, 5) is 31.4. The monoisotopic (exact) mass is 604 g/mol. The lowest BCUT2D eigenvalue weighted by molar-refractivity contribution is -0.123. The minimum absolute atomic E-state index is 0.0463. The van der Waals surface area contributed by atoms with Gasteiger partial charge in [0.05, 0.1) is 23.9 Å². The summed E-state index contributed by atoms with van der Waals surface area (Å²) < 4.78 is 52.9. The quantitative estimate of drug-likeness (QED) is 0.254. The van der Waals surface area contributed by atoms with E-state index < -0.39 is 35.4 Å². The summed E-state index contributed by atoms with van der Waals surface area (Å²) in [6.45, 7) is 5.70. The largest absolute Gasteiger partial charge is 0.465 e. The molecule has 1 aromatic heterocycles. The standard InChI is InChI=1S/C25H28F3IN2O4/c1-13(2)31(24(32)15-7-5-14(3)6-8-15)19-12-17(26)20(11-16(19)25(33)34-4)35-23-21(22(27)28)18(29)9-10-30-23/h9-15,22H,5-8H2,1-4H3/t14-,15-. The van der Waals surface area contributed by atoms with Crippen molar-refractivity contribution < 1.29 is 32.2 Å². The second-order valence-corrected chi connectivity index (χ2v) is 10.1. The summed E-state index contributed by atoms with van der Waals surface area (Å²) >= 11 is 1.71. The number of anilines is 1. The number of amides is 1. The minimum Gasteiger partial charge on any atom is -0.465 e. The van der Waals surface area contributed by atoms with Crippen LogP contribution in [0.25, 0.3) is 0 Å². The van der Waals surface area contributed by atoms with Gasteiger partial charge in [0.25, 0.3) is 6.43 Å². The molecule has 0 bridgehead atoms. The summed E-state index contributed by atoms with van der Waals surface area (Å²) in [6, 6.07) is 3.09. The number of carbonyl (C=O) groups is 2. The maximum atomic E-state index is 15.3. The molecule has 0 unspecified atom stereocenters. The smallest absolute Gasteiger partial charge is 0.340 e. The van der Waals surface area contributed by atoms with E-state index in [-0.39, 0.29) is 32.7 Å². The zero-order valence-electron chi connectivity index (χ0n) is 20.0. The molecular formula is C25H28F3IN2O4. The van der Waals surface area contributed by atoms with Crippen LogP contribution in [0.5, 0.6) is 11.6 Å². The lowest BCUT2D eigenvalue weighted by atomic mass is 9.82. The molecule has 0 atom stereocenters. The maximum Gasteiger partial charge on any atom is 0.340 e. The first-order chi connectivity index (χ1) is 16.5. The number of rotatable bonds is 7. The number of esters is 1. The molecule has 3 rings (SSSR count). The first kappa shape index (κ1) is 27.2. The number of hydrogen-bond acceptors (Lipinski definition) is 5. The molecule has 6 nitrogen and oxygen atoms in total. The maximum absolute atomic E-state index is 15.3. The Morgan fingerprint density at radius 2 is 1.83 bits per heavy atom. The zero-order chi connectivity index (χ0) is 25.9. The molecule has 0 radical (unpaired) electrons. The fourth-order valence-electron chi connectivity index (χ4n) is 4.26. The fraction of sp³-hybridized carbons (Fsp3) is 0.480. The van der Waals surface area contributed by atoms with Crippen molar-refractivity contribution in [3.63, 3.8) is 0 Å². The lowest BCUT2D eigenvalue weighted by Gasteiger charge is -2.34. The molecule has 1 aromatic carbocycles. The summed E-state index contributed by atoms with van der Waals surface area (Å²) in [6.07, 6.45) is 1.64. The SMILES string of the molecule is COC(=O)c1cc(Oc2nccc(I)c2C(F)F)c(F)cc1N(C(=O)[C@H]1CC[C@H](C)CC1)C(C)C. The van der Waals surface area contributed by atoms with E-state index in [1.54, 1.807) is 36.4 Å². The van der Waals surface area contributed by atoms with Gasteiger partial charge in [0, 0.05) is 33.9 Å². The Morgan fingerprint density at radius 1 is 1.17 bits per heavy atom. The number of hydrogen-bond donors (Lipinski definition) is 0. The van der Waals surface area contributed by atoms with Crippen LogP contribution in [0.4, 0.5) is 18.9 Å². The van der Waals surface area contributed by atoms with Gasteiger partial charge in [0.15, 0.2) is 11.6 Å². The summed E-state index contributed by atoms with van der Waals surface area (Å²) in [7, 11) is 1.16. The molecule has 0 aliphatic heterocycles. The van der Waals surface area contributed by atoms with E-state index in [1.807, 2.05) is 0 Å². The number of aromatic nitrogens is 1. The highest BCUT2D eigenvalue weighted by atomic mass is 127. The number of pyridine rings is 1. The van der Waals surface area contributed by atoms with Crippen LogP contribution in [-0.2, 0) is 9.53 Å². The van der Waals surface area contributed by atoms with Crippen molar-refractivity contribution in [3.05, 3.63) is 44.9 Å². The number of nitrogens with zero attached hydrogens (tertiary/aromatic N) is 2. The van der Waals surface area contributed by atoms with Crippen LogP contribution in [-0.4, -0.2) is 30.0 Å². The molecule has 2 aromatic rings. The second-order valence-electron chi connectivity index (χ2n) is 8.96. The Kier molecular flexibility index (Phi) is 9.00. The topological polar surface area (TPSA) is 68.7 Å². The van der Waals surface area contributed by atoms with E-state index in [0.717, 1.165) is 44.9 Å². The van der Waals surface area contributed by atoms with Gasteiger partial charge in [-0.15, -0.1) is 0 Å². The van der Waals surface area contributed by atoms with E-state index in [9.17, 15) is 18.4 Å². The van der Waals surface area contributed by atoms with E-state index in [0.29, 0.717) is 5.92 Å². The van der Waals surface area contributed by atoms with E-state index in [1.165, 1.54) is 17.2 Å². The molecule has 1 saturated carbocycles. The fourth-order valence-corrected chi connectivity index (χ4v) is 4.89. The number of benzene rings is 1. The third-order valence-electron chi connectivity index (χ3n) is 6.16. The van der Waals surface area contributed by atoms with Crippen LogP contribution in [0.3, 0.4) is 0 Å². The van der Waals surface area contributed by atoms with Gasteiger partial charge in [0.1, 0.15) is 0 Å². The third-order valence-corrected chi connectivity index (χ3v) is 7.10. The molecule has 190 valence electrons. The molecule has 0 N–H and O–H groups in total. The predicted octanol–water partition coefficient (Wildman–Crippen LogP) is 6.91. The highest BCUT2D eigenvalue weighted by molar-refractivity contribution is 14.1. The van der Waals surface area contributed by atoms with Crippen molar-refractivity contribution in [2.45, 2.75) is 58.9 Å². The summed E-state index contributed by atoms with van der Waals surface area (Å²) in [5.41, 5.74) is -0.550. The van der Waals surface area contributed by atoms with Crippen molar-refractivity contribution in [1.29, 1.82) is 0 Å². The van der Waals surface area contributed by atoms with Crippen LogP contribution >= 0.6 is 22.6 Å². The average Bonchev–Trinajstić information content (AvgIpc) is 2.80. The number of carbonyl (C=O) groups excluding carboxylic acids is 2. The van der Waals surface area contributed by atoms with Crippen LogP contribution in [0.1, 0.15) is 68.8 Å². The molecule has 10 heteroatoms. The van der Waals surface area contributed by atoms with E-state index in [4.69, 9.17) is 9.47 Å². The van der Waals surface area contributed by atoms with Crippen LogP contribution in [0, 0.1) is 21.2 Å².